The number of nitrogens with one attached hydrogen (secondary N) is 2. The Hall–Kier alpha value is -0.0100. The van der Waals surface area contributed by atoms with E-state index in [1.54, 1.807) is 0 Å². The molecule has 3 N–H and O–H groups in total. The van der Waals surface area contributed by atoms with E-state index in [-0.39, 0.29) is 0 Å². The third kappa shape index (κ3) is 2.77. The summed E-state index contributed by atoms with van der Waals surface area (Å²) < 4.78 is 0. The van der Waals surface area contributed by atoms with Crippen molar-refractivity contribution in [3.63, 3.8) is 0 Å². The quantitative estimate of drug-likeness (QED) is 0.555. The molecule has 1 aromatic rings. The van der Waals surface area contributed by atoms with Crippen molar-refractivity contribution in [2.24, 2.45) is 0 Å². The zero-order chi connectivity index (χ0) is 15.4. The molecule has 7 heteroatoms. The van der Waals surface area contributed by atoms with Crippen LogP contribution in [0, 0.1) is 0 Å². The zero-order valence-electron chi connectivity index (χ0n) is 12.1. The first-order valence-corrected chi connectivity index (χ1v) is 9.24. The molecule has 0 radical (unpaired) electrons. The van der Waals surface area contributed by atoms with Gasteiger partial charge in [0.25, 0.3) is 0 Å². The number of hydrogen-bond acceptors (Lipinski definition) is 5. The highest BCUT2D eigenvalue weighted by molar-refractivity contribution is 8.07. The molecule has 3 unspecified atom stereocenters. The lowest BCUT2D eigenvalue weighted by Gasteiger charge is -2.39. The van der Waals surface area contributed by atoms with Crippen molar-refractivity contribution in [3.05, 3.63) is 34.9 Å². The van der Waals surface area contributed by atoms with Crippen LogP contribution in [0.5, 0.6) is 0 Å². The molecule has 4 rings (SSSR count). The molecule has 120 valence electrons. The van der Waals surface area contributed by atoms with Gasteiger partial charge in [-0.3, -0.25) is 5.32 Å². The van der Waals surface area contributed by atoms with Gasteiger partial charge in [0.05, 0.1) is 22.3 Å². The molecule has 0 aromatic heterocycles. The summed E-state index contributed by atoms with van der Waals surface area (Å²) in [6, 6.07) is 7.68. The Morgan fingerprint density at radius 3 is 2.91 bits per heavy atom. The second-order valence-electron chi connectivity index (χ2n) is 6.38. The molecule has 2 saturated heterocycles. The van der Waals surface area contributed by atoms with Gasteiger partial charge in [0, 0.05) is 18.0 Å². The lowest BCUT2D eigenvalue weighted by atomic mass is 9.88. The summed E-state index contributed by atoms with van der Waals surface area (Å²) in [6.45, 7) is 1.24. The van der Waals surface area contributed by atoms with Gasteiger partial charge in [-0.05, 0) is 24.5 Å². The minimum absolute atomic E-state index is 0.380. The molecule has 3 fully saturated rings. The summed E-state index contributed by atoms with van der Waals surface area (Å²) in [7, 11) is 0. The summed E-state index contributed by atoms with van der Waals surface area (Å²) in [6.07, 6.45) is 2.18. The summed E-state index contributed by atoms with van der Waals surface area (Å²) >= 11 is 14.8. The highest BCUT2D eigenvalue weighted by Crippen LogP contribution is 2.54. The van der Waals surface area contributed by atoms with E-state index >= 15 is 0 Å². The highest BCUT2D eigenvalue weighted by atomic mass is 35.5. The van der Waals surface area contributed by atoms with Crippen molar-refractivity contribution >= 4 is 35.0 Å². The van der Waals surface area contributed by atoms with Crippen LogP contribution in [-0.4, -0.2) is 44.6 Å². The summed E-state index contributed by atoms with van der Waals surface area (Å²) in [5.74, 6) is 0. The Morgan fingerprint density at radius 2 is 2.18 bits per heavy atom. The molecule has 0 bridgehead atoms. The number of fused-ring (bicyclic) bond motifs is 1. The van der Waals surface area contributed by atoms with Crippen LogP contribution in [0.4, 0.5) is 0 Å². The number of rotatable bonds is 5. The summed E-state index contributed by atoms with van der Waals surface area (Å²) in [4.78, 5) is -0.534. The van der Waals surface area contributed by atoms with Gasteiger partial charge < -0.3 is 5.11 Å². The van der Waals surface area contributed by atoms with E-state index in [4.69, 9.17) is 23.2 Å². The van der Waals surface area contributed by atoms with Crippen molar-refractivity contribution in [1.29, 1.82) is 0 Å². The Morgan fingerprint density at radius 1 is 1.41 bits per heavy atom. The van der Waals surface area contributed by atoms with Crippen LogP contribution in [-0.2, 0) is 6.42 Å². The van der Waals surface area contributed by atoms with Crippen LogP contribution >= 0.6 is 35.0 Å². The first-order chi connectivity index (χ1) is 10.5. The van der Waals surface area contributed by atoms with Crippen molar-refractivity contribution in [2.75, 3.05) is 13.2 Å². The topological polar surface area (TPSA) is 47.5 Å². The SMILES string of the molecule is OC(Cc1ccccc1Cl)(CN1NCNC2SC21)C1(Cl)CC1. The maximum Gasteiger partial charge on any atom is 0.102 e. The highest BCUT2D eigenvalue weighted by Gasteiger charge is 2.60. The van der Waals surface area contributed by atoms with Crippen LogP contribution in [0.25, 0.3) is 0 Å². The molecule has 3 atom stereocenters. The van der Waals surface area contributed by atoms with Crippen LogP contribution in [0.2, 0.25) is 5.02 Å². The Labute approximate surface area is 144 Å². The van der Waals surface area contributed by atoms with Gasteiger partial charge in [-0.25, -0.2) is 10.4 Å². The Bertz CT molecular complexity index is 586. The van der Waals surface area contributed by atoms with Gasteiger partial charge in [0.1, 0.15) is 5.60 Å². The molecular formula is C15H19Cl2N3OS. The monoisotopic (exact) mass is 359 g/mol. The fraction of sp³-hybridized carbons (Fsp3) is 0.600. The van der Waals surface area contributed by atoms with Gasteiger partial charge in [0.15, 0.2) is 0 Å². The van der Waals surface area contributed by atoms with Crippen molar-refractivity contribution in [3.8, 4) is 0 Å². The number of halogens is 2. The van der Waals surface area contributed by atoms with Gasteiger partial charge in [-0.1, -0.05) is 29.8 Å². The maximum absolute atomic E-state index is 11.4. The van der Waals surface area contributed by atoms with Crippen molar-refractivity contribution < 1.29 is 5.11 Å². The average Bonchev–Trinajstić information content (AvgIpc) is 3.38. The Kier molecular flexibility index (Phi) is 3.89. The predicted octanol–water partition coefficient (Wildman–Crippen LogP) is 2.15. The van der Waals surface area contributed by atoms with Gasteiger partial charge >= 0.3 is 0 Å². The second kappa shape index (κ2) is 5.52. The molecule has 2 aliphatic heterocycles. The van der Waals surface area contributed by atoms with Crippen molar-refractivity contribution in [2.45, 2.75) is 40.5 Å². The molecule has 0 spiro atoms. The van der Waals surface area contributed by atoms with Crippen LogP contribution in [0.15, 0.2) is 24.3 Å². The molecule has 1 aromatic carbocycles. The third-order valence-electron chi connectivity index (χ3n) is 4.76. The van der Waals surface area contributed by atoms with Gasteiger partial charge in [-0.2, -0.15) is 0 Å². The van der Waals surface area contributed by atoms with Crippen LogP contribution in [0.3, 0.4) is 0 Å². The van der Waals surface area contributed by atoms with E-state index in [9.17, 15) is 5.11 Å². The smallest absolute Gasteiger partial charge is 0.102 e. The number of hydrazine groups is 1. The average molecular weight is 360 g/mol. The largest absolute Gasteiger partial charge is 0.386 e. The second-order valence-corrected chi connectivity index (χ2v) is 8.77. The lowest BCUT2D eigenvalue weighted by Crippen LogP contribution is -2.60. The first-order valence-electron chi connectivity index (χ1n) is 7.55. The molecule has 3 aliphatic rings. The Balaban J connectivity index is 1.56. The van der Waals surface area contributed by atoms with E-state index < -0.39 is 10.5 Å². The summed E-state index contributed by atoms with van der Waals surface area (Å²) in [5, 5.41) is 18.4. The standard InChI is InChI=1S/C15H19Cl2N3OS/c16-11-4-2-1-3-10(11)7-15(21,14(17)5-6-14)8-20-13-12(22-13)18-9-19-20/h1-4,12-13,18-19,21H,5-9H2. The number of hydrogen-bond donors (Lipinski definition) is 3. The normalized spacial score (nSPS) is 32.1. The molecule has 1 saturated carbocycles. The zero-order valence-corrected chi connectivity index (χ0v) is 14.4. The van der Waals surface area contributed by atoms with Crippen LogP contribution < -0.4 is 10.7 Å². The minimum Gasteiger partial charge on any atom is -0.386 e. The van der Waals surface area contributed by atoms with E-state index in [0.29, 0.717) is 28.7 Å². The van der Waals surface area contributed by atoms with Gasteiger partial charge in [-0.15, -0.1) is 23.4 Å². The molecule has 4 nitrogen and oxygen atoms in total. The number of thioether (sulfide) groups is 1. The molecule has 0 amide bonds. The molecule has 2 heterocycles. The van der Waals surface area contributed by atoms with E-state index in [1.807, 2.05) is 36.0 Å². The minimum atomic E-state index is -0.989. The molecule has 22 heavy (non-hydrogen) atoms. The first kappa shape index (κ1) is 15.5. The van der Waals surface area contributed by atoms with Gasteiger partial charge in [0.2, 0.25) is 0 Å². The van der Waals surface area contributed by atoms with Crippen molar-refractivity contribution in [1.82, 2.24) is 15.8 Å². The predicted molar refractivity (Wildman–Crippen MR) is 90.9 cm³/mol. The number of β-amino-alcohol motifs (C(OH)–C–C–N with tert-alkyl or cyclic N) is 1. The van der Waals surface area contributed by atoms with E-state index in [0.717, 1.165) is 25.1 Å². The fourth-order valence-corrected chi connectivity index (χ4v) is 4.50. The number of nitrogens with zero attached hydrogens (tertiary/aromatic N) is 1. The number of alkyl halides is 1. The van der Waals surface area contributed by atoms with E-state index in [2.05, 4.69) is 15.8 Å². The fourth-order valence-electron chi connectivity index (χ4n) is 3.14. The number of aliphatic hydroxyl groups is 1. The van der Waals surface area contributed by atoms with E-state index in [1.165, 1.54) is 0 Å². The van der Waals surface area contributed by atoms with Crippen LogP contribution in [0.1, 0.15) is 18.4 Å². The summed E-state index contributed by atoms with van der Waals surface area (Å²) in [5.41, 5.74) is 3.28. The molecule has 1 aliphatic carbocycles. The number of benzene rings is 1. The maximum atomic E-state index is 11.4. The molecular weight excluding hydrogens is 341 g/mol. The third-order valence-corrected chi connectivity index (χ3v) is 7.06. The lowest BCUT2D eigenvalue weighted by molar-refractivity contribution is -0.0290.